The Morgan fingerprint density at radius 3 is 2.37 bits per heavy atom. The van der Waals surface area contributed by atoms with E-state index < -0.39 is 5.97 Å². The van der Waals surface area contributed by atoms with E-state index in [1.54, 1.807) is 6.07 Å². The van der Waals surface area contributed by atoms with Crippen LogP contribution in [-0.4, -0.2) is 24.1 Å². The summed E-state index contributed by atoms with van der Waals surface area (Å²) in [7, 11) is 1.33. The summed E-state index contributed by atoms with van der Waals surface area (Å²) in [6, 6.07) is 5.61. The van der Waals surface area contributed by atoms with Crippen molar-refractivity contribution >= 4 is 11.7 Å². The van der Waals surface area contributed by atoms with E-state index in [9.17, 15) is 4.79 Å². The zero-order valence-corrected chi connectivity index (χ0v) is 16.8. The molecule has 2 rings (SSSR count). The van der Waals surface area contributed by atoms with Gasteiger partial charge in [0.2, 0.25) is 5.88 Å². The third-order valence-corrected chi connectivity index (χ3v) is 4.25. The minimum absolute atomic E-state index is 0.200. The van der Waals surface area contributed by atoms with Crippen molar-refractivity contribution in [2.24, 2.45) is 0 Å². The topological polar surface area (TPSA) is 60.5 Å². The van der Waals surface area contributed by atoms with Crippen molar-refractivity contribution in [2.45, 2.75) is 47.1 Å². The fourth-order valence-corrected chi connectivity index (χ4v) is 3.01. The molecule has 1 aromatic carbocycles. The summed E-state index contributed by atoms with van der Waals surface area (Å²) in [4.78, 5) is 17.0. The zero-order valence-electron chi connectivity index (χ0n) is 16.8. The molecule has 1 N–H and O–H groups in total. The van der Waals surface area contributed by atoms with Crippen LogP contribution < -0.4 is 10.1 Å². The summed E-state index contributed by atoms with van der Waals surface area (Å²) >= 11 is 0. The van der Waals surface area contributed by atoms with E-state index in [1.807, 2.05) is 46.8 Å². The lowest BCUT2D eigenvalue weighted by Crippen LogP contribution is -2.19. The van der Waals surface area contributed by atoms with Crippen molar-refractivity contribution in [3.8, 4) is 24.0 Å². The van der Waals surface area contributed by atoms with Gasteiger partial charge in [-0.25, -0.2) is 9.78 Å². The second-order valence-corrected chi connectivity index (χ2v) is 6.58. The highest BCUT2D eigenvalue weighted by Crippen LogP contribution is 2.34. The molecule has 0 aliphatic heterocycles. The Bertz CT molecular complexity index is 874. The predicted molar refractivity (Wildman–Crippen MR) is 108 cm³/mol. The molecule has 2 aromatic rings. The lowest BCUT2D eigenvalue weighted by Gasteiger charge is -2.19. The Kier molecular flexibility index (Phi) is 6.46. The van der Waals surface area contributed by atoms with Gasteiger partial charge in [0, 0.05) is 5.69 Å². The number of nitrogens with zero attached hydrogens (tertiary/aromatic N) is 1. The molecule has 0 saturated carbocycles. The number of benzene rings is 1. The number of ether oxygens (including phenoxy) is 2. The molecule has 5 nitrogen and oxygen atoms in total. The predicted octanol–water partition coefficient (Wildman–Crippen LogP) is 4.72. The normalized spacial score (nSPS) is 11.4. The van der Waals surface area contributed by atoms with Crippen LogP contribution in [0.2, 0.25) is 0 Å². The first-order valence-corrected chi connectivity index (χ1v) is 8.89. The van der Waals surface area contributed by atoms with Gasteiger partial charge >= 0.3 is 5.97 Å². The van der Waals surface area contributed by atoms with E-state index in [-0.39, 0.29) is 17.5 Å². The van der Waals surface area contributed by atoms with Gasteiger partial charge in [-0.15, -0.1) is 6.42 Å². The standard InChI is InChI=1S/C22H26N2O3/c1-8-17(9-2)24-18-12-16(6)23-21(19(18)22(25)26-7)27-20-14(4)10-13(3)11-15(20)5/h1,10-12,17H,9H2,2-7H3,(H,23,24). The number of aromatic nitrogens is 1. The van der Waals surface area contributed by atoms with E-state index in [4.69, 9.17) is 15.9 Å². The molecule has 1 atom stereocenters. The third kappa shape index (κ3) is 4.59. The van der Waals surface area contributed by atoms with Crippen LogP contribution in [0.1, 0.15) is 46.1 Å². The molecular formula is C22H26N2O3. The average Bonchev–Trinajstić information content (AvgIpc) is 2.61. The number of carbonyl (C=O) groups is 1. The third-order valence-electron chi connectivity index (χ3n) is 4.25. The second-order valence-electron chi connectivity index (χ2n) is 6.58. The minimum Gasteiger partial charge on any atom is -0.465 e. The fraction of sp³-hybridized carbons (Fsp3) is 0.364. The molecule has 142 valence electrons. The number of methoxy groups -OCH3 is 1. The Hall–Kier alpha value is -3.00. The molecule has 0 saturated heterocycles. The largest absolute Gasteiger partial charge is 0.465 e. The molecule has 0 radical (unpaired) electrons. The fourth-order valence-electron chi connectivity index (χ4n) is 3.01. The van der Waals surface area contributed by atoms with E-state index in [0.29, 0.717) is 23.6 Å². The number of rotatable bonds is 6. The number of aryl methyl sites for hydroxylation is 4. The molecule has 1 unspecified atom stereocenters. The first-order chi connectivity index (χ1) is 12.8. The second kappa shape index (κ2) is 8.59. The van der Waals surface area contributed by atoms with Crippen LogP contribution in [0.4, 0.5) is 5.69 Å². The monoisotopic (exact) mass is 366 g/mol. The highest BCUT2D eigenvalue weighted by Gasteiger charge is 2.23. The Morgan fingerprint density at radius 2 is 1.85 bits per heavy atom. The molecule has 0 fully saturated rings. The van der Waals surface area contributed by atoms with E-state index in [1.165, 1.54) is 7.11 Å². The molecule has 0 spiro atoms. The number of nitrogens with one attached hydrogen (secondary N) is 1. The van der Waals surface area contributed by atoms with Gasteiger partial charge in [0.05, 0.1) is 18.8 Å². The maximum atomic E-state index is 12.5. The van der Waals surface area contributed by atoms with Gasteiger partial charge in [0.1, 0.15) is 11.3 Å². The van der Waals surface area contributed by atoms with Crippen molar-refractivity contribution < 1.29 is 14.3 Å². The van der Waals surface area contributed by atoms with Gasteiger partial charge < -0.3 is 14.8 Å². The average molecular weight is 366 g/mol. The minimum atomic E-state index is -0.533. The summed E-state index contributed by atoms with van der Waals surface area (Å²) < 4.78 is 11.1. The molecule has 0 aliphatic carbocycles. The van der Waals surface area contributed by atoms with Gasteiger partial charge in [-0.05, 0) is 51.3 Å². The Labute approximate surface area is 161 Å². The van der Waals surface area contributed by atoms with Crippen LogP contribution in [0.15, 0.2) is 18.2 Å². The number of hydrogen-bond donors (Lipinski definition) is 1. The summed E-state index contributed by atoms with van der Waals surface area (Å²) in [6.07, 6.45) is 6.28. The highest BCUT2D eigenvalue weighted by atomic mass is 16.5. The number of esters is 1. The molecule has 0 amide bonds. The van der Waals surface area contributed by atoms with Crippen molar-refractivity contribution in [3.63, 3.8) is 0 Å². The van der Waals surface area contributed by atoms with Gasteiger partial charge in [-0.2, -0.15) is 0 Å². The van der Waals surface area contributed by atoms with Crippen LogP contribution in [-0.2, 0) is 4.74 Å². The zero-order chi connectivity index (χ0) is 20.1. The number of terminal acetylenes is 1. The van der Waals surface area contributed by atoms with Crippen LogP contribution >= 0.6 is 0 Å². The number of carbonyl (C=O) groups excluding carboxylic acids is 1. The van der Waals surface area contributed by atoms with Crippen molar-refractivity contribution in [1.82, 2.24) is 4.98 Å². The lowest BCUT2D eigenvalue weighted by molar-refractivity contribution is 0.0598. The SMILES string of the molecule is C#CC(CC)Nc1cc(C)nc(Oc2c(C)cc(C)cc2C)c1C(=O)OC. The first kappa shape index (κ1) is 20.3. The summed E-state index contributed by atoms with van der Waals surface area (Å²) in [5.74, 6) is 3.02. The van der Waals surface area contributed by atoms with Gasteiger partial charge in [-0.3, -0.25) is 0 Å². The first-order valence-electron chi connectivity index (χ1n) is 8.89. The van der Waals surface area contributed by atoms with Crippen LogP contribution in [0.5, 0.6) is 11.6 Å². The molecular weight excluding hydrogens is 340 g/mol. The van der Waals surface area contributed by atoms with E-state index in [0.717, 1.165) is 16.7 Å². The highest BCUT2D eigenvalue weighted by molar-refractivity contribution is 5.98. The van der Waals surface area contributed by atoms with Crippen LogP contribution in [0, 0.1) is 40.0 Å². The van der Waals surface area contributed by atoms with Crippen molar-refractivity contribution in [2.75, 3.05) is 12.4 Å². The number of pyridine rings is 1. The smallest absolute Gasteiger partial charge is 0.345 e. The lowest BCUT2D eigenvalue weighted by atomic mass is 10.1. The Morgan fingerprint density at radius 1 is 1.22 bits per heavy atom. The quantitative estimate of drug-likeness (QED) is 0.592. The summed E-state index contributed by atoms with van der Waals surface area (Å²) in [6.45, 7) is 9.77. The van der Waals surface area contributed by atoms with Gasteiger partial charge in [-0.1, -0.05) is 30.5 Å². The number of hydrogen-bond acceptors (Lipinski definition) is 5. The molecule has 0 aliphatic rings. The number of anilines is 1. The summed E-state index contributed by atoms with van der Waals surface area (Å²) in [5, 5.41) is 3.21. The van der Waals surface area contributed by atoms with Gasteiger partial charge in [0.25, 0.3) is 0 Å². The van der Waals surface area contributed by atoms with Crippen molar-refractivity contribution in [1.29, 1.82) is 0 Å². The van der Waals surface area contributed by atoms with Gasteiger partial charge in [0.15, 0.2) is 0 Å². The maximum absolute atomic E-state index is 12.5. The van der Waals surface area contributed by atoms with Crippen LogP contribution in [0.3, 0.4) is 0 Å². The molecule has 1 aromatic heterocycles. The maximum Gasteiger partial charge on any atom is 0.345 e. The van der Waals surface area contributed by atoms with E-state index in [2.05, 4.69) is 16.2 Å². The van der Waals surface area contributed by atoms with E-state index >= 15 is 0 Å². The molecule has 1 heterocycles. The molecule has 27 heavy (non-hydrogen) atoms. The molecule has 0 bridgehead atoms. The molecule has 5 heteroatoms. The van der Waals surface area contributed by atoms with Crippen LogP contribution in [0.25, 0.3) is 0 Å². The Balaban J connectivity index is 2.60. The summed E-state index contributed by atoms with van der Waals surface area (Å²) in [5.41, 5.74) is 4.57. The van der Waals surface area contributed by atoms with Crippen molar-refractivity contribution in [3.05, 3.63) is 46.1 Å².